The maximum atomic E-state index is 13.2. The largest absolute Gasteiger partial charge is 0.586 e. The van der Waals surface area contributed by atoms with Crippen molar-refractivity contribution in [1.82, 2.24) is 19.7 Å². The van der Waals surface area contributed by atoms with Gasteiger partial charge < -0.3 is 14.8 Å². The van der Waals surface area contributed by atoms with E-state index in [4.69, 9.17) is 11.6 Å². The van der Waals surface area contributed by atoms with Crippen LogP contribution < -0.4 is 14.8 Å². The fraction of sp³-hybridized carbons (Fsp3) is 0.125. The Bertz CT molecular complexity index is 1090. The molecule has 0 unspecified atom stereocenters. The van der Waals surface area contributed by atoms with Crippen LogP contribution in [0.5, 0.6) is 11.5 Å². The topological polar surface area (TPSA) is 91.2 Å². The van der Waals surface area contributed by atoms with Gasteiger partial charge in [0.05, 0.1) is 23.1 Å². The van der Waals surface area contributed by atoms with E-state index >= 15 is 0 Å². The second kappa shape index (κ2) is 6.88. The number of carbonyl (C=O) groups excluding carboxylic acids is 1. The van der Waals surface area contributed by atoms with Crippen LogP contribution in [-0.4, -0.2) is 32.0 Å². The number of halogens is 5. The van der Waals surface area contributed by atoms with Gasteiger partial charge in [-0.05, 0) is 12.1 Å². The molecule has 0 fully saturated rings. The summed E-state index contributed by atoms with van der Waals surface area (Å²) in [5.74, 6) is -1.36. The van der Waals surface area contributed by atoms with Crippen molar-refractivity contribution in [3.05, 3.63) is 47.5 Å². The minimum atomic E-state index is -3.80. The van der Waals surface area contributed by atoms with Crippen molar-refractivity contribution in [3.63, 3.8) is 0 Å². The zero-order valence-electron chi connectivity index (χ0n) is 13.9. The highest BCUT2D eigenvalue weighted by Gasteiger charge is 2.43. The molecule has 0 aliphatic carbocycles. The lowest BCUT2D eigenvalue weighted by atomic mass is 10.1. The number of anilines is 1. The molecule has 1 aliphatic rings. The summed E-state index contributed by atoms with van der Waals surface area (Å²) in [5.41, 5.74) is 0.0470. The number of carbonyl (C=O) groups is 1. The summed E-state index contributed by atoms with van der Waals surface area (Å²) in [4.78, 5) is 20.1. The molecule has 0 bridgehead atoms. The van der Waals surface area contributed by atoms with Crippen molar-refractivity contribution in [2.75, 3.05) is 5.32 Å². The molecular formula is C16H8ClF4N5O3. The summed E-state index contributed by atoms with van der Waals surface area (Å²) in [7, 11) is 0. The molecule has 1 N–H and O–H groups in total. The van der Waals surface area contributed by atoms with Crippen molar-refractivity contribution in [2.24, 2.45) is 0 Å². The number of ether oxygens (including phenoxy) is 2. The zero-order valence-corrected chi connectivity index (χ0v) is 14.7. The van der Waals surface area contributed by atoms with Crippen LogP contribution in [0, 0.1) is 0 Å². The molecule has 3 aromatic rings. The molecule has 1 aliphatic heterocycles. The van der Waals surface area contributed by atoms with Crippen LogP contribution in [0.25, 0.3) is 11.3 Å². The molecular weight excluding hydrogens is 422 g/mol. The molecule has 13 heteroatoms. The highest BCUT2D eigenvalue weighted by Crippen LogP contribution is 2.45. The van der Waals surface area contributed by atoms with Gasteiger partial charge in [0.1, 0.15) is 5.69 Å². The fourth-order valence-corrected chi connectivity index (χ4v) is 2.78. The van der Waals surface area contributed by atoms with Gasteiger partial charge in [-0.2, -0.15) is 18.6 Å². The van der Waals surface area contributed by atoms with Gasteiger partial charge in [0, 0.05) is 17.8 Å². The van der Waals surface area contributed by atoms with Crippen LogP contribution in [-0.2, 0) is 0 Å². The molecule has 0 saturated carbocycles. The standard InChI is InChI=1S/C16H8ClF4N5O3/c17-8-4-12-11(28-16(20,21)29-12)3-7(8)9-5-23-13(6-22-9)25-14(27)10-1-2-24-26(10)15(18)19/h1-6,15H,(H,23,25,27). The van der Waals surface area contributed by atoms with Gasteiger partial charge in [-0.1, -0.05) is 11.6 Å². The van der Waals surface area contributed by atoms with E-state index in [1.54, 1.807) is 0 Å². The van der Waals surface area contributed by atoms with E-state index in [0.717, 1.165) is 24.5 Å². The average Bonchev–Trinajstić information content (AvgIpc) is 3.25. The van der Waals surface area contributed by atoms with Crippen LogP contribution in [0.2, 0.25) is 5.02 Å². The fourth-order valence-electron chi connectivity index (χ4n) is 2.53. The first-order valence-electron chi connectivity index (χ1n) is 7.78. The number of benzene rings is 1. The zero-order chi connectivity index (χ0) is 20.8. The number of rotatable bonds is 4. The predicted octanol–water partition coefficient (Wildman–Crippen LogP) is 3.96. The Kier molecular flexibility index (Phi) is 4.49. The molecule has 150 valence electrons. The lowest BCUT2D eigenvalue weighted by Crippen LogP contribution is -2.25. The Hall–Kier alpha value is -3.41. The van der Waals surface area contributed by atoms with Gasteiger partial charge in [-0.15, -0.1) is 8.78 Å². The van der Waals surface area contributed by atoms with E-state index in [2.05, 4.69) is 29.9 Å². The smallest absolute Gasteiger partial charge is 0.395 e. The summed E-state index contributed by atoms with van der Waals surface area (Å²) in [6.45, 7) is -2.99. The van der Waals surface area contributed by atoms with Crippen molar-refractivity contribution in [1.29, 1.82) is 0 Å². The third kappa shape index (κ3) is 3.66. The van der Waals surface area contributed by atoms with E-state index in [1.807, 2.05) is 0 Å². The lowest BCUT2D eigenvalue weighted by molar-refractivity contribution is -0.286. The number of alkyl halides is 4. The van der Waals surface area contributed by atoms with Crippen LogP contribution in [0.4, 0.5) is 23.4 Å². The van der Waals surface area contributed by atoms with Crippen molar-refractivity contribution in [3.8, 4) is 22.8 Å². The highest BCUT2D eigenvalue weighted by atomic mass is 35.5. The molecule has 1 aromatic carbocycles. The Morgan fingerprint density at radius 1 is 1.17 bits per heavy atom. The van der Waals surface area contributed by atoms with Crippen LogP contribution >= 0.6 is 11.6 Å². The summed E-state index contributed by atoms with van der Waals surface area (Å²) >= 11 is 6.08. The highest BCUT2D eigenvalue weighted by molar-refractivity contribution is 6.33. The Balaban J connectivity index is 1.55. The van der Waals surface area contributed by atoms with E-state index in [0.29, 0.717) is 0 Å². The quantitative estimate of drug-likeness (QED) is 0.631. The van der Waals surface area contributed by atoms with Crippen molar-refractivity contribution in [2.45, 2.75) is 12.8 Å². The summed E-state index contributed by atoms with van der Waals surface area (Å²) < 4.78 is 60.8. The molecule has 0 radical (unpaired) electrons. The first kappa shape index (κ1) is 18.9. The van der Waals surface area contributed by atoms with Gasteiger partial charge in [-0.3, -0.25) is 9.78 Å². The third-order valence-electron chi connectivity index (χ3n) is 3.75. The van der Waals surface area contributed by atoms with Crippen molar-refractivity contribution < 1.29 is 31.8 Å². The number of fused-ring (bicyclic) bond motifs is 1. The van der Waals surface area contributed by atoms with Gasteiger partial charge in [0.15, 0.2) is 17.3 Å². The van der Waals surface area contributed by atoms with Crippen LogP contribution in [0.3, 0.4) is 0 Å². The first-order chi connectivity index (χ1) is 13.7. The Morgan fingerprint density at radius 3 is 2.55 bits per heavy atom. The number of nitrogens with zero attached hydrogens (tertiary/aromatic N) is 4. The minimum Gasteiger partial charge on any atom is -0.395 e. The number of nitrogens with one attached hydrogen (secondary N) is 1. The minimum absolute atomic E-state index is 0.0378. The summed E-state index contributed by atoms with van der Waals surface area (Å²) in [6.07, 6.45) is -0.386. The van der Waals surface area contributed by atoms with Gasteiger partial charge in [0.2, 0.25) is 0 Å². The predicted molar refractivity (Wildman–Crippen MR) is 90.1 cm³/mol. The second-order valence-corrected chi connectivity index (χ2v) is 6.03. The van der Waals surface area contributed by atoms with Crippen molar-refractivity contribution >= 4 is 23.3 Å². The summed E-state index contributed by atoms with van der Waals surface area (Å²) in [5, 5.41) is 5.71. The third-order valence-corrected chi connectivity index (χ3v) is 4.06. The number of hydrogen-bond donors (Lipinski definition) is 1. The number of aromatic nitrogens is 4. The van der Waals surface area contributed by atoms with Gasteiger partial charge in [-0.25, -0.2) is 4.98 Å². The summed E-state index contributed by atoms with van der Waals surface area (Å²) in [6, 6.07) is 3.48. The molecule has 29 heavy (non-hydrogen) atoms. The van der Waals surface area contributed by atoms with E-state index in [1.165, 1.54) is 12.3 Å². The first-order valence-corrected chi connectivity index (χ1v) is 8.16. The van der Waals surface area contributed by atoms with E-state index in [9.17, 15) is 22.4 Å². The van der Waals surface area contributed by atoms with E-state index in [-0.39, 0.29) is 44.0 Å². The molecule has 0 atom stereocenters. The monoisotopic (exact) mass is 429 g/mol. The second-order valence-electron chi connectivity index (χ2n) is 5.63. The molecule has 1 amide bonds. The normalized spacial score (nSPS) is 14.3. The molecule has 2 aromatic heterocycles. The number of amides is 1. The molecule has 3 heterocycles. The van der Waals surface area contributed by atoms with Gasteiger partial charge in [0.25, 0.3) is 5.91 Å². The van der Waals surface area contributed by atoms with Gasteiger partial charge >= 0.3 is 12.8 Å². The van der Waals surface area contributed by atoms with Crippen LogP contribution in [0.15, 0.2) is 36.8 Å². The maximum Gasteiger partial charge on any atom is 0.586 e. The maximum absolute atomic E-state index is 13.2. The molecule has 8 nitrogen and oxygen atoms in total. The Labute approximate surface area is 164 Å². The average molecular weight is 430 g/mol. The molecule has 4 rings (SSSR count). The Morgan fingerprint density at radius 2 is 1.90 bits per heavy atom. The lowest BCUT2D eigenvalue weighted by Gasteiger charge is -2.08. The molecule has 0 saturated heterocycles. The number of hydrogen-bond acceptors (Lipinski definition) is 6. The SMILES string of the molecule is O=C(Nc1cnc(-c2cc3c(cc2Cl)OC(F)(F)O3)cn1)c1ccnn1C(F)F. The van der Waals surface area contributed by atoms with Crippen LogP contribution in [0.1, 0.15) is 17.0 Å². The molecule has 0 spiro atoms. The van der Waals surface area contributed by atoms with E-state index < -0.39 is 18.8 Å².